The molecule has 1 rings (SSSR count). The van der Waals surface area contributed by atoms with Gasteiger partial charge in [0, 0.05) is 11.5 Å². The summed E-state index contributed by atoms with van der Waals surface area (Å²) in [4.78, 5) is -0.444. The predicted octanol–water partition coefficient (Wildman–Crippen LogP) is 1.02. The zero-order valence-corrected chi connectivity index (χ0v) is 10.4. The molecule has 4 nitrogen and oxygen atoms in total. The Morgan fingerprint density at radius 3 is 2.25 bits per heavy atom. The van der Waals surface area contributed by atoms with Crippen molar-refractivity contribution in [3.8, 4) is 0 Å². The monoisotopic (exact) mass is 248 g/mol. The van der Waals surface area contributed by atoms with Crippen molar-refractivity contribution in [1.29, 1.82) is 0 Å². The maximum atomic E-state index is 13.6. The summed E-state index contributed by atoms with van der Waals surface area (Å²) in [5, 5.41) is 4.91. The molecule has 1 aliphatic rings. The first kappa shape index (κ1) is 13.3. The van der Waals surface area contributed by atoms with E-state index >= 15 is 0 Å². The summed E-state index contributed by atoms with van der Waals surface area (Å²) in [5.41, 5.74) is 5.28. The third kappa shape index (κ3) is 2.69. The van der Waals surface area contributed by atoms with Gasteiger partial charge in [0.25, 0.3) is 0 Å². The van der Waals surface area contributed by atoms with E-state index in [1.807, 2.05) is 0 Å². The average molecular weight is 248 g/mol. The van der Waals surface area contributed by atoms with Gasteiger partial charge in [0.1, 0.15) is 10.7 Å². The van der Waals surface area contributed by atoms with Crippen molar-refractivity contribution in [2.75, 3.05) is 0 Å². The molecule has 16 heavy (non-hydrogen) atoms. The normalized spacial score (nSPS) is 27.4. The number of hydrogen-bond acceptors (Lipinski definition) is 3. The Morgan fingerprint density at radius 2 is 1.88 bits per heavy atom. The maximum absolute atomic E-state index is 13.6. The SMILES string of the molecule is CC1C=C(S(N)(=O)=O)C(F)=CC1C(C)(C)N. The van der Waals surface area contributed by atoms with E-state index in [0.717, 1.165) is 0 Å². The molecule has 92 valence electrons. The van der Waals surface area contributed by atoms with Crippen molar-refractivity contribution in [2.24, 2.45) is 22.7 Å². The van der Waals surface area contributed by atoms with Crippen molar-refractivity contribution >= 4 is 10.0 Å². The van der Waals surface area contributed by atoms with E-state index in [1.165, 1.54) is 12.2 Å². The Kier molecular flexibility index (Phi) is 3.29. The Hall–Kier alpha value is -0.720. The molecule has 6 heteroatoms. The fraction of sp³-hybridized carbons (Fsp3) is 0.600. The van der Waals surface area contributed by atoms with Gasteiger partial charge in [-0.25, -0.2) is 17.9 Å². The second-order valence-corrected chi connectivity index (χ2v) is 6.33. The second-order valence-electron chi connectivity index (χ2n) is 4.80. The standard InChI is InChI=1S/C10H17FN2O2S/c1-6-4-9(16(13,14)15)8(11)5-7(6)10(2,3)12/h4-7H,12H2,1-3H3,(H2,13,14,15). The van der Waals surface area contributed by atoms with Crippen molar-refractivity contribution < 1.29 is 12.8 Å². The van der Waals surface area contributed by atoms with Gasteiger partial charge in [-0.2, -0.15) is 0 Å². The van der Waals surface area contributed by atoms with Crippen molar-refractivity contribution in [3.05, 3.63) is 22.9 Å². The number of primary sulfonamides is 1. The van der Waals surface area contributed by atoms with Crippen LogP contribution < -0.4 is 10.9 Å². The smallest absolute Gasteiger partial charge is 0.240 e. The van der Waals surface area contributed by atoms with E-state index in [0.29, 0.717) is 0 Å². The molecule has 0 aliphatic heterocycles. The van der Waals surface area contributed by atoms with Gasteiger partial charge in [-0.3, -0.25) is 0 Å². The van der Waals surface area contributed by atoms with Gasteiger partial charge in [-0.15, -0.1) is 0 Å². The number of rotatable bonds is 2. The molecule has 1 aliphatic carbocycles. The first-order valence-corrected chi connectivity index (χ1v) is 6.49. The van der Waals surface area contributed by atoms with Crippen LogP contribution in [0.5, 0.6) is 0 Å². The lowest BCUT2D eigenvalue weighted by molar-refractivity contribution is 0.313. The number of sulfonamides is 1. The van der Waals surface area contributed by atoms with Crippen LogP contribution in [0.3, 0.4) is 0 Å². The molecule has 0 saturated carbocycles. The van der Waals surface area contributed by atoms with Crippen LogP contribution in [0.15, 0.2) is 22.9 Å². The molecule has 0 spiro atoms. The van der Waals surface area contributed by atoms with Gasteiger partial charge in [0.15, 0.2) is 0 Å². The summed E-state index contributed by atoms with van der Waals surface area (Å²) in [6.07, 6.45) is 2.56. The Morgan fingerprint density at radius 1 is 1.38 bits per heavy atom. The van der Waals surface area contributed by atoms with Crippen LogP contribution >= 0.6 is 0 Å². The summed E-state index contributed by atoms with van der Waals surface area (Å²) in [5.74, 6) is -1.24. The summed E-state index contributed by atoms with van der Waals surface area (Å²) < 4.78 is 35.8. The van der Waals surface area contributed by atoms with Crippen LogP contribution in [0.4, 0.5) is 4.39 Å². The highest BCUT2D eigenvalue weighted by molar-refractivity contribution is 7.93. The van der Waals surface area contributed by atoms with Crippen LogP contribution in [0, 0.1) is 11.8 Å². The minimum Gasteiger partial charge on any atom is -0.325 e. The fourth-order valence-corrected chi connectivity index (χ4v) is 2.68. The Labute approximate surface area is 95.2 Å². The molecule has 0 amide bonds. The Balaban J connectivity index is 3.17. The molecule has 2 unspecified atom stereocenters. The molecule has 0 heterocycles. The molecule has 0 aromatic rings. The lowest BCUT2D eigenvalue weighted by atomic mass is 9.77. The fourth-order valence-electron chi connectivity index (χ4n) is 1.94. The van der Waals surface area contributed by atoms with Gasteiger partial charge in [0.05, 0.1) is 0 Å². The number of halogens is 1. The van der Waals surface area contributed by atoms with E-state index in [2.05, 4.69) is 0 Å². The van der Waals surface area contributed by atoms with Crippen LogP contribution in [0.2, 0.25) is 0 Å². The molecule has 0 radical (unpaired) electrons. The summed E-state index contributed by atoms with van der Waals surface area (Å²) in [6, 6.07) is 0. The summed E-state index contributed by atoms with van der Waals surface area (Å²) >= 11 is 0. The van der Waals surface area contributed by atoms with Crippen LogP contribution in [0.1, 0.15) is 20.8 Å². The largest absolute Gasteiger partial charge is 0.325 e. The van der Waals surface area contributed by atoms with Crippen LogP contribution in [-0.4, -0.2) is 14.0 Å². The second kappa shape index (κ2) is 3.94. The Bertz CT molecular complexity index is 446. The third-order valence-corrected chi connectivity index (χ3v) is 3.65. The van der Waals surface area contributed by atoms with Gasteiger partial charge in [-0.1, -0.05) is 13.0 Å². The summed E-state index contributed by atoms with van der Waals surface area (Å²) in [7, 11) is -4.00. The molecular formula is C10H17FN2O2S. The molecule has 4 N–H and O–H groups in total. The van der Waals surface area contributed by atoms with E-state index in [9.17, 15) is 12.8 Å². The van der Waals surface area contributed by atoms with E-state index in [4.69, 9.17) is 10.9 Å². The lowest BCUT2D eigenvalue weighted by Gasteiger charge is -2.34. The molecule has 0 bridgehead atoms. The quantitative estimate of drug-likeness (QED) is 0.764. The van der Waals surface area contributed by atoms with Crippen molar-refractivity contribution in [1.82, 2.24) is 0 Å². The minimum absolute atomic E-state index is 0.173. The van der Waals surface area contributed by atoms with E-state index in [1.54, 1.807) is 20.8 Å². The first-order valence-electron chi connectivity index (χ1n) is 4.94. The molecular weight excluding hydrogens is 231 g/mol. The number of allylic oxidation sites excluding steroid dienone is 2. The number of nitrogens with two attached hydrogens (primary N) is 2. The third-order valence-electron chi connectivity index (χ3n) is 2.71. The van der Waals surface area contributed by atoms with Crippen LogP contribution in [-0.2, 0) is 10.0 Å². The van der Waals surface area contributed by atoms with Gasteiger partial charge >= 0.3 is 0 Å². The molecule has 0 fully saturated rings. The summed E-state index contributed by atoms with van der Waals surface area (Å²) in [6.45, 7) is 5.33. The minimum atomic E-state index is -4.00. The molecule has 2 atom stereocenters. The number of hydrogen-bond donors (Lipinski definition) is 2. The molecule has 0 aromatic carbocycles. The highest BCUT2D eigenvalue weighted by Crippen LogP contribution is 2.35. The van der Waals surface area contributed by atoms with E-state index < -0.39 is 26.3 Å². The zero-order valence-electron chi connectivity index (χ0n) is 9.57. The maximum Gasteiger partial charge on any atom is 0.240 e. The van der Waals surface area contributed by atoms with Gasteiger partial charge < -0.3 is 5.73 Å². The highest BCUT2D eigenvalue weighted by atomic mass is 32.2. The van der Waals surface area contributed by atoms with Crippen molar-refractivity contribution in [3.63, 3.8) is 0 Å². The van der Waals surface area contributed by atoms with Crippen LogP contribution in [0.25, 0.3) is 0 Å². The molecule has 0 saturated heterocycles. The lowest BCUT2D eigenvalue weighted by Crippen LogP contribution is -2.44. The topological polar surface area (TPSA) is 86.2 Å². The van der Waals surface area contributed by atoms with Gasteiger partial charge in [-0.05, 0) is 25.8 Å². The van der Waals surface area contributed by atoms with Gasteiger partial charge in [0.2, 0.25) is 10.0 Å². The highest BCUT2D eigenvalue weighted by Gasteiger charge is 2.34. The van der Waals surface area contributed by atoms with E-state index in [-0.39, 0.29) is 11.8 Å². The zero-order chi connectivity index (χ0) is 12.7. The average Bonchev–Trinajstić information content (AvgIpc) is 2.04. The first-order chi connectivity index (χ1) is 7.03. The predicted molar refractivity (Wildman–Crippen MR) is 61.3 cm³/mol. The molecule has 0 aromatic heterocycles. The van der Waals surface area contributed by atoms with Crippen molar-refractivity contribution in [2.45, 2.75) is 26.3 Å².